The second-order valence-electron chi connectivity index (χ2n) is 9.17. The summed E-state index contributed by atoms with van der Waals surface area (Å²) in [6.07, 6.45) is 6.89. The van der Waals surface area contributed by atoms with Crippen LogP contribution in [0.4, 0.5) is 0 Å². The minimum atomic E-state index is -0.226. The Morgan fingerprint density at radius 2 is 2.03 bits per heavy atom. The van der Waals surface area contributed by atoms with Crippen molar-refractivity contribution < 1.29 is 9.53 Å². The number of methoxy groups -OCH3 is 1. The number of fused-ring (bicyclic) bond motifs is 5. The molecule has 1 saturated heterocycles. The highest BCUT2D eigenvalue weighted by Crippen LogP contribution is 2.47. The fourth-order valence-electron chi connectivity index (χ4n) is 5.82. The molecule has 2 unspecified atom stereocenters. The van der Waals surface area contributed by atoms with Crippen molar-refractivity contribution in [1.29, 1.82) is 0 Å². The van der Waals surface area contributed by atoms with Crippen molar-refractivity contribution in [3.8, 4) is 0 Å². The first-order valence-corrected chi connectivity index (χ1v) is 12.6. The number of esters is 1. The molecule has 0 amide bonds. The first-order valence-electron chi connectivity index (χ1n) is 11.3. The Morgan fingerprint density at radius 1 is 1.19 bits per heavy atom. The summed E-state index contributed by atoms with van der Waals surface area (Å²) >= 11 is 7.60. The summed E-state index contributed by atoms with van der Waals surface area (Å²) in [6, 6.07) is 5.58. The van der Waals surface area contributed by atoms with Gasteiger partial charge in [-0.15, -0.1) is 11.8 Å². The zero-order valence-corrected chi connectivity index (χ0v) is 19.5. The first-order chi connectivity index (χ1) is 15.0. The van der Waals surface area contributed by atoms with Gasteiger partial charge in [0.25, 0.3) is 5.56 Å². The highest BCUT2D eigenvalue weighted by atomic mass is 32.2. The molecule has 5 rings (SSSR count). The number of thioether (sulfide) groups is 1. The van der Waals surface area contributed by atoms with Crippen molar-refractivity contribution in [3.63, 3.8) is 0 Å². The molecule has 3 aliphatic heterocycles. The fraction of sp³-hybridized carbons (Fsp3) is 0.609. The van der Waals surface area contributed by atoms with Crippen molar-refractivity contribution in [1.82, 2.24) is 14.8 Å². The topological polar surface area (TPSA) is 63.6 Å². The highest BCUT2D eigenvalue weighted by Gasteiger charge is 2.41. The van der Waals surface area contributed by atoms with Crippen molar-refractivity contribution >= 4 is 35.1 Å². The Kier molecular flexibility index (Phi) is 5.86. The predicted octanol–water partition coefficient (Wildman–Crippen LogP) is 3.22. The maximum Gasteiger partial charge on any atom is 0.336 e. The summed E-state index contributed by atoms with van der Waals surface area (Å²) in [5, 5.41) is 5.45. The Hall–Kier alpha value is -1.80. The number of rotatable bonds is 2. The van der Waals surface area contributed by atoms with Crippen molar-refractivity contribution in [3.05, 3.63) is 44.8 Å². The molecule has 4 atom stereocenters. The third-order valence-electron chi connectivity index (χ3n) is 7.23. The molecular weight excluding hydrogens is 430 g/mol. The summed E-state index contributed by atoms with van der Waals surface area (Å²) in [5.74, 6) is 0.737. The summed E-state index contributed by atoms with van der Waals surface area (Å²) < 4.78 is 7.09. The number of aromatic nitrogens is 1. The summed E-state index contributed by atoms with van der Waals surface area (Å²) in [5.41, 5.74) is 1.99. The summed E-state index contributed by atoms with van der Waals surface area (Å²) in [4.78, 5) is 27.2. The Labute approximate surface area is 192 Å². The number of piperidine rings is 1. The zero-order chi connectivity index (χ0) is 21.5. The van der Waals surface area contributed by atoms with Crippen LogP contribution in [0, 0.1) is 11.8 Å². The number of carbonyl (C=O) groups is 1. The monoisotopic (exact) mass is 459 g/mol. The average molecular weight is 460 g/mol. The lowest BCUT2D eigenvalue weighted by Gasteiger charge is -2.43. The average Bonchev–Trinajstić information content (AvgIpc) is 2.94. The molecule has 0 aromatic carbocycles. The highest BCUT2D eigenvalue weighted by molar-refractivity contribution is 8.04. The van der Waals surface area contributed by atoms with Gasteiger partial charge in [0.1, 0.15) is 0 Å². The third kappa shape index (κ3) is 3.93. The normalized spacial score (nSPS) is 29.6. The molecule has 0 spiro atoms. The smallest absolute Gasteiger partial charge is 0.336 e. The van der Waals surface area contributed by atoms with Crippen molar-refractivity contribution in [2.75, 3.05) is 20.2 Å². The fourth-order valence-corrected chi connectivity index (χ4v) is 7.67. The van der Waals surface area contributed by atoms with Gasteiger partial charge in [-0.2, -0.15) is 0 Å². The van der Waals surface area contributed by atoms with E-state index >= 15 is 0 Å². The van der Waals surface area contributed by atoms with Crippen molar-refractivity contribution in [2.24, 2.45) is 11.8 Å². The molecule has 8 heteroatoms. The van der Waals surface area contributed by atoms with Gasteiger partial charge in [-0.05, 0) is 43.5 Å². The minimum absolute atomic E-state index is 0.0927. The van der Waals surface area contributed by atoms with Crippen LogP contribution in [0.1, 0.15) is 50.1 Å². The molecule has 0 radical (unpaired) electrons. The molecule has 2 bridgehead atoms. The van der Waals surface area contributed by atoms with Crippen molar-refractivity contribution in [2.45, 2.75) is 56.2 Å². The molecule has 1 aromatic rings. The van der Waals surface area contributed by atoms with Crippen LogP contribution in [0.15, 0.2) is 33.6 Å². The Balaban J connectivity index is 1.35. The van der Waals surface area contributed by atoms with E-state index < -0.39 is 0 Å². The molecule has 1 N–H and O–H groups in total. The van der Waals surface area contributed by atoms with E-state index in [0.29, 0.717) is 22.2 Å². The number of nitrogens with zero attached hydrogens (tertiary/aromatic N) is 2. The van der Waals surface area contributed by atoms with Gasteiger partial charge in [0.2, 0.25) is 0 Å². The standard InChI is InChI=1S/C23H29N3O3S2/c1-29-22(28)20-16-6-3-2-4-8-18(16)31-21(20)24-23(30)25-11-14-10-15(13-25)17-7-5-9-19(27)26(17)12-14/h5,7,9,14-16,18H,2-4,6,8,10-13H2,1H3,(H,24,30)/t14-,15-,16?,18?/m0/s1. The van der Waals surface area contributed by atoms with E-state index in [9.17, 15) is 9.59 Å². The minimum Gasteiger partial charge on any atom is -0.466 e. The van der Waals surface area contributed by atoms with Crippen LogP contribution >= 0.6 is 24.0 Å². The molecule has 1 aromatic heterocycles. The molecular formula is C23H29N3O3S2. The molecule has 4 aliphatic rings. The van der Waals surface area contributed by atoms with Crippen LogP contribution in [-0.2, 0) is 16.1 Å². The largest absolute Gasteiger partial charge is 0.466 e. The van der Waals surface area contributed by atoms with Crippen LogP contribution in [0.3, 0.4) is 0 Å². The van der Waals surface area contributed by atoms with Crippen LogP contribution < -0.4 is 10.9 Å². The van der Waals surface area contributed by atoms with E-state index in [2.05, 4.69) is 16.3 Å². The van der Waals surface area contributed by atoms with Crippen LogP contribution in [0.2, 0.25) is 0 Å². The lowest BCUT2D eigenvalue weighted by atomic mass is 9.83. The lowest BCUT2D eigenvalue weighted by Crippen LogP contribution is -2.51. The maximum atomic E-state index is 12.7. The van der Waals surface area contributed by atoms with Crippen LogP contribution in [0.5, 0.6) is 0 Å². The number of thiocarbonyl (C=S) groups is 1. The van der Waals surface area contributed by atoms with Gasteiger partial charge in [0.05, 0.1) is 17.7 Å². The second-order valence-corrected chi connectivity index (χ2v) is 10.8. The molecule has 1 aliphatic carbocycles. The van der Waals surface area contributed by atoms with Gasteiger partial charge in [-0.25, -0.2) is 4.79 Å². The van der Waals surface area contributed by atoms with E-state index in [1.807, 2.05) is 10.6 Å². The molecule has 1 saturated carbocycles. The quantitative estimate of drug-likeness (QED) is 0.538. The molecule has 4 heterocycles. The first kappa shape index (κ1) is 21.1. The van der Waals surface area contributed by atoms with E-state index in [-0.39, 0.29) is 17.4 Å². The molecule has 31 heavy (non-hydrogen) atoms. The summed E-state index contributed by atoms with van der Waals surface area (Å²) in [6.45, 7) is 2.38. The number of nitrogens with one attached hydrogen (secondary N) is 1. The maximum absolute atomic E-state index is 12.7. The van der Waals surface area contributed by atoms with Gasteiger partial charge < -0.3 is 19.5 Å². The number of carbonyl (C=O) groups excluding carboxylic acids is 1. The second kappa shape index (κ2) is 8.62. The Bertz CT molecular complexity index is 989. The Morgan fingerprint density at radius 3 is 2.87 bits per heavy atom. The van der Waals surface area contributed by atoms with Gasteiger partial charge >= 0.3 is 5.97 Å². The lowest BCUT2D eigenvalue weighted by molar-refractivity contribution is -0.136. The van der Waals surface area contributed by atoms with E-state index in [1.165, 1.54) is 20.0 Å². The van der Waals surface area contributed by atoms with E-state index in [4.69, 9.17) is 17.0 Å². The number of likely N-dealkylation sites (tertiary alicyclic amines) is 1. The summed E-state index contributed by atoms with van der Waals surface area (Å²) in [7, 11) is 1.46. The zero-order valence-electron chi connectivity index (χ0n) is 17.8. The van der Waals surface area contributed by atoms with E-state index in [1.54, 1.807) is 17.8 Å². The third-order valence-corrected chi connectivity index (χ3v) is 9.01. The number of ether oxygens (including phenoxy) is 1. The number of hydrogen-bond acceptors (Lipinski definition) is 5. The van der Waals surface area contributed by atoms with Crippen LogP contribution in [-0.4, -0.2) is 46.0 Å². The molecule has 2 fully saturated rings. The molecule has 6 nitrogen and oxygen atoms in total. The van der Waals surface area contributed by atoms with Gasteiger partial charge in [0.15, 0.2) is 5.11 Å². The van der Waals surface area contributed by atoms with E-state index in [0.717, 1.165) is 61.6 Å². The van der Waals surface area contributed by atoms with Crippen LogP contribution in [0.25, 0.3) is 0 Å². The molecule has 166 valence electrons. The van der Waals surface area contributed by atoms with Gasteiger partial charge in [-0.3, -0.25) is 4.79 Å². The number of hydrogen-bond donors (Lipinski definition) is 1. The number of pyridine rings is 1. The predicted molar refractivity (Wildman–Crippen MR) is 126 cm³/mol. The SMILES string of the molecule is COC(=O)C1=C(NC(=S)N2C[C@@H]3C[C@@H](C2)c2cccc(=O)n2C3)SC2CCCCCC12. The van der Waals surface area contributed by atoms with Gasteiger partial charge in [0, 0.05) is 48.5 Å². The van der Waals surface area contributed by atoms with Gasteiger partial charge in [-0.1, -0.05) is 25.3 Å².